The Morgan fingerprint density at radius 2 is 2.00 bits per heavy atom. The van der Waals surface area contributed by atoms with Crippen LogP contribution in [0.5, 0.6) is 0 Å². The van der Waals surface area contributed by atoms with E-state index >= 15 is 0 Å². The molecule has 1 atom stereocenters. The number of nitrogens with zero attached hydrogens (tertiary/aromatic N) is 5. The predicted molar refractivity (Wildman–Crippen MR) is 115 cm³/mol. The van der Waals surface area contributed by atoms with E-state index in [4.69, 9.17) is 5.73 Å². The number of amides is 2. The van der Waals surface area contributed by atoms with Crippen LogP contribution in [0.15, 0.2) is 0 Å². The van der Waals surface area contributed by atoms with Crippen LogP contribution in [-0.4, -0.2) is 55.9 Å². The number of unbranched alkanes of at least 4 members (excludes halogenated alkanes) is 3. The van der Waals surface area contributed by atoms with Crippen molar-refractivity contribution in [2.24, 2.45) is 5.92 Å². The molecule has 1 unspecified atom stereocenters. The highest BCUT2D eigenvalue weighted by atomic mass is 16.2. The Labute approximate surface area is 177 Å². The van der Waals surface area contributed by atoms with E-state index in [1.54, 1.807) is 4.52 Å². The second kappa shape index (κ2) is 9.86. The Hall–Kier alpha value is -2.71. The molecule has 2 aromatic heterocycles. The fourth-order valence-electron chi connectivity index (χ4n) is 4.07. The molecule has 3 heterocycles. The topological polar surface area (TPSA) is 119 Å². The maximum absolute atomic E-state index is 13.0. The van der Waals surface area contributed by atoms with E-state index in [1.807, 2.05) is 18.7 Å². The molecule has 0 spiro atoms. The van der Waals surface area contributed by atoms with Crippen LogP contribution in [0, 0.1) is 19.8 Å². The molecule has 164 valence electrons. The zero-order valence-electron chi connectivity index (χ0n) is 18.3. The number of fused-ring (bicyclic) bond motifs is 1. The minimum atomic E-state index is -0.133. The molecule has 0 radical (unpaired) electrons. The third kappa shape index (κ3) is 5.06. The van der Waals surface area contributed by atoms with Crippen molar-refractivity contribution in [3.8, 4) is 0 Å². The van der Waals surface area contributed by atoms with Crippen molar-refractivity contribution in [2.75, 3.05) is 25.4 Å². The van der Waals surface area contributed by atoms with Gasteiger partial charge >= 0.3 is 0 Å². The summed E-state index contributed by atoms with van der Waals surface area (Å²) in [6.45, 7) is 7.81. The fourth-order valence-corrected chi connectivity index (χ4v) is 4.07. The molecule has 3 N–H and O–H groups in total. The number of nitrogen functional groups attached to an aromatic ring is 1. The van der Waals surface area contributed by atoms with Crippen molar-refractivity contribution in [2.45, 2.75) is 65.7 Å². The van der Waals surface area contributed by atoms with Gasteiger partial charge in [0.25, 0.3) is 5.78 Å². The number of piperidine rings is 1. The average molecular weight is 416 g/mol. The summed E-state index contributed by atoms with van der Waals surface area (Å²) in [7, 11) is 0. The van der Waals surface area contributed by atoms with Crippen LogP contribution in [0.1, 0.15) is 62.4 Å². The van der Waals surface area contributed by atoms with Crippen LogP contribution in [0.3, 0.4) is 0 Å². The van der Waals surface area contributed by atoms with Gasteiger partial charge in [0.15, 0.2) is 0 Å². The highest BCUT2D eigenvalue weighted by Crippen LogP contribution is 2.20. The monoisotopic (exact) mass is 415 g/mol. The van der Waals surface area contributed by atoms with Gasteiger partial charge in [-0.25, -0.2) is 4.98 Å². The minimum absolute atomic E-state index is 0.0101. The van der Waals surface area contributed by atoms with Crippen molar-refractivity contribution in [1.82, 2.24) is 29.8 Å². The van der Waals surface area contributed by atoms with Crippen molar-refractivity contribution in [3.05, 3.63) is 17.0 Å². The van der Waals surface area contributed by atoms with Gasteiger partial charge in [-0.15, -0.1) is 5.10 Å². The Kier molecular flexibility index (Phi) is 7.23. The van der Waals surface area contributed by atoms with Gasteiger partial charge in [-0.1, -0.05) is 26.2 Å². The number of carbonyl (C=O) groups is 2. The van der Waals surface area contributed by atoms with Crippen LogP contribution in [0.2, 0.25) is 0 Å². The standard InChI is InChI=1S/C21H33N7O2/c1-4-5-6-7-10-23-19(30)16-9-8-11-27(13-16)18(29)12-17-14(2)24-21-25-20(22)26-28(21)15(17)3/h16H,4-13H2,1-3H3,(H2,22,26)(H,23,30). The summed E-state index contributed by atoms with van der Waals surface area (Å²) in [5.74, 6) is 0.542. The SMILES string of the molecule is CCCCCCNC(=O)C1CCCN(C(=O)Cc2c(C)nc3nc(N)nn3c2C)C1. The van der Waals surface area contributed by atoms with Crippen LogP contribution >= 0.6 is 0 Å². The Morgan fingerprint density at radius 3 is 2.77 bits per heavy atom. The summed E-state index contributed by atoms with van der Waals surface area (Å²) >= 11 is 0. The first kappa shape index (κ1) is 22.0. The molecule has 1 aliphatic rings. The van der Waals surface area contributed by atoms with Gasteiger partial charge in [-0.3, -0.25) is 9.59 Å². The average Bonchev–Trinajstić information content (AvgIpc) is 3.11. The lowest BCUT2D eigenvalue weighted by Gasteiger charge is -2.32. The number of rotatable bonds is 8. The molecule has 30 heavy (non-hydrogen) atoms. The third-order valence-electron chi connectivity index (χ3n) is 5.87. The summed E-state index contributed by atoms with van der Waals surface area (Å²) in [6.07, 6.45) is 6.42. The molecule has 1 aliphatic heterocycles. The molecular formula is C21H33N7O2. The summed E-state index contributed by atoms with van der Waals surface area (Å²) in [4.78, 5) is 35.9. The van der Waals surface area contributed by atoms with Gasteiger partial charge in [0.2, 0.25) is 17.8 Å². The number of carbonyl (C=O) groups excluding carboxylic acids is 2. The quantitative estimate of drug-likeness (QED) is 0.635. The van der Waals surface area contributed by atoms with Crippen molar-refractivity contribution in [1.29, 1.82) is 0 Å². The molecule has 1 fully saturated rings. The van der Waals surface area contributed by atoms with Gasteiger partial charge in [0.05, 0.1) is 12.3 Å². The van der Waals surface area contributed by atoms with Crippen molar-refractivity contribution in [3.63, 3.8) is 0 Å². The number of hydrogen-bond acceptors (Lipinski definition) is 6. The molecule has 3 rings (SSSR count). The summed E-state index contributed by atoms with van der Waals surface area (Å²) in [5, 5.41) is 7.20. The van der Waals surface area contributed by atoms with E-state index in [0.29, 0.717) is 25.4 Å². The molecule has 0 saturated carbocycles. The summed E-state index contributed by atoms with van der Waals surface area (Å²) < 4.78 is 1.58. The molecule has 0 aliphatic carbocycles. The molecule has 0 bridgehead atoms. The number of aromatic nitrogens is 4. The van der Waals surface area contributed by atoms with Gasteiger partial charge in [-0.05, 0) is 33.1 Å². The lowest BCUT2D eigenvalue weighted by molar-refractivity contribution is -0.135. The predicted octanol–water partition coefficient (Wildman–Crippen LogP) is 1.80. The van der Waals surface area contributed by atoms with Gasteiger partial charge in [0.1, 0.15) is 0 Å². The molecule has 1 saturated heterocycles. The molecule has 0 aromatic carbocycles. The van der Waals surface area contributed by atoms with Crippen LogP contribution < -0.4 is 11.1 Å². The largest absolute Gasteiger partial charge is 0.366 e. The summed E-state index contributed by atoms with van der Waals surface area (Å²) in [5.41, 5.74) is 8.08. The number of hydrogen-bond donors (Lipinski definition) is 2. The Morgan fingerprint density at radius 1 is 1.20 bits per heavy atom. The molecular weight excluding hydrogens is 382 g/mol. The molecule has 2 amide bonds. The normalized spacial score (nSPS) is 16.8. The Balaban J connectivity index is 1.60. The van der Waals surface area contributed by atoms with E-state index < -0.39 is 0 Å². The van der Waals surface area contributed by atoms with E-state index in [2.05, 4.69) is 27.3 Å². The first-order chi connectivity index (χ1) is 14.4. The number of nitrogens with two attached hydrogens (primary N) is 1. The smallest absolute Gasteiger partial charge is 0.254 e. The maximum atomic E-state index is 13.0. The van der Waals surface area contributed by atoms with Gasteiger partial charge < -0.3 is 16.0 Å². The minimum Gasteiger partial charge on any atom is -0.366 e. The van der Waals surface area contributed by atoms with E-state index in [9.17, 15) is 9.59 Å². The second-order valence-corrected chi connectivity index (χ2v) is 8.15. The Bertz CT molecular complexity index is 908. The summed E-state index contributed by atoms with van der Waals surface area (Å²) in [6, 6.07) is 0. The zero-order chi connectivity index (χ0) is 21.7. The van der Waals surface area contributed by atoms with E-state index in [1.165, 1.54) is 12.8 Å². The van der Waals surface area contributed by atoms with Gasteiger partial charge in [-0.2, -0.15) is 9.50 Å². The highest BCUT2D eigenvalue weighted by molar-refractivity contribution is 5.82. The number of likely N-dealkylation sites (tertiary alicyclic amines) is 1. The number of anilines is 1. The van der Waals surface area contributed by atoms with Crippen LogP contribution in [0.25, 0.3) is 5.78 Å². The first-order valence-electron chi connectivity index (χ1n) is 10.9. The molecule has 2 aromatic rings. The van der Waals surface area contributed by atoms with E-state index in [-0.39, 0.29) is 30.1 Å². The lowest BCUT2D eigenvalue weighted by Crippen LogP contribution is -2.46. The third-order valence-corrected chi connectivity index (χ3v) is 5.87. The van der Waals surface area contributed by atoms with Crippen molar-refractivity contribution >= 4 is 23.5 Å². The van der Waals surface area contributed by atoms with Gasteiger partial charge in [0, 0.05) is 36.6 Å². The van der Waals surface area contributed by atoms with Crippen LogP contribution in [0.4, 0.5) is 5.95 Å². The van der Waals surface area contributed by atoms with Crippen molar-refractivity contribution < 1.29 is 9.59 Å². The maximum Gasteiger partial charge on any atom is 0.254 e. The highest BCUT2D eigenvalue weighted by Gasteiger charge is 2.29. The van der Waals surface area contributed by atoms with Crippen LogP contribution in [-0.2, 0) is 16.0 Å². The molecule has 9 nitrogen and oxygen atoms in total. The zero-order valence-corrected chi connectivity index (χ0v) is 18.3. The fraction of sp³-hybridized carbons (Fsp3) is 0.667. The second-order valence-electron chi connectivity index (χ2n) is 8.15. The molecule has 9 heteroatoms. The first-order valence-corrected chi connectivity index (χ1v) is 10.9. The lowest BCUT2D eigenvalue weighted by atomic mass is 9.96. The van der Waals surface area contributed by atoms with E-state index in [0.717, 1.165) is 42.6 Å². The number of aryl methyl sites for hydroxylation is 2. The number of nitrogens with one attached hydrogen (secondary N) is 1.